The molecule has 2 N–H and O–H groups in total. The molecule has 2 heterocycles. The highest BCUT2D eigenvalue weighted by Gasteiger charge is 2.10. The van der Waals surface area contributed by atoms with Crippen molar-refractivity contribution in [3.8, 4) is 0 Å². The van der Waals surface area contributed by atoms with Gasteiger partial charge in [-0.1, -0.05) is 0 Å². The highest BCUT2D eigenvalue weighted by atomic mass is 32.2. The van der Waals surface area contributed by atoms with Crippen LogP contribution in [-0.2, 0) is 0 Å². The first-order valence-corrected chi connectivity index (χ1v) is 6.46. The van der Waals surface area contributed by atoms with E-state index in [2.05, 4.69) is 15.0 Å². The van der Waals surface area contributed by atoms with E-state index in [4.69, 9.17) is 5.73 Å². The van der Waals surface area contributed by atoms with Crippen molar-refractivity contribution in [1.82, 2.24) is 15.0 Å². The Hall–Kier alpha value is -1.14. The lowest BCUT2D eigenvalue weighted by Gasteiger charge is -2.05. The molecule has 0 aliphatic carbocycles. The molecule has 2 aromatic heterocycles. The van der Waals surface area contributed by atoms with Crippen molar-refractivity contribution in [2.75, 3.05) is 5.73 Å². The number of nitrogens with zero attached hydrogens (tertiary/aromatic N) is 3. The van der Waals surface area contributed by atoms with Gasteiger partial charge in [-0.3, -0.25) is 0 Å². The summed E-state index contributed by atoms with van der Waals surface area (Å²) in [7, 11) is 0. The first-order chi connectivity index (χ1) is 7.56. The fourth-order valence-electron chi connectivity index (χ4n) is 1.18. The maximum absolute atomic E-state index is 5.80. The molecule has 0 aromatic carbocycles. The van der Waals surface area contributed by atoms with Crippen molar-refractivity contribution >= 4 is 28.9 Å². The van der Waals surface area contributed by atoms with Crippen LogP contribution in [0.15, 0.2) is 14.7 Å². The Balaban J connectivity index is 2.34. The Morgan fingerprint density at radius 2 is 1.94 bits per heavy atom. The van der Waals surface area contributed by atoms with E-state index in [-0.39, 0.29) is 0 Å². The second-order valence-electron chi connectivity index (χ2n) is 3.44. The van der Waals surface area contributed by atoms with Gasteiger partial charge in [0.25, 0.3) is 0 Å². The van der Waals surface area contributed by atoms with Crippen molar-refractivity contribution in [1.29, 1.82) is 0 Å². The summed E-state index contributed by atoms with van der Waals surface area (Å²) in [4.78, 5) is 12.9. The lowest BCUT2D eigenvalue weighted by atomic mass is 10.3. The van der Waals surface area contributed by atoms with Crippen molar-refractivity contribution in [2.45, 2.75) is 30.1 Å². The molecule has 16 heavy (non-hydrogen) atoms. The minimum atomic E-state index is 0.545. The van der Waals surface area contributed by atoms with Gasteiger partial charge in [0.1, 0.15) is 16.7 Å². The predicted molar refractivity (Wildman–Crippen MR) is 66.9 cm³/mol. The third-order valence-electron chi connectivity index (χ3n) is 2.03. The van der Waals surface area contributed by atoms with Gasteiger partial charge in [0, 0.05) is 16.6 Å². The number of nitrogen functional groups attached to an aromatic ring is 1. The highest BCUT2D eigenvalue weighted by molar-refractivity contribution is 8.01. The minimum absolute atomic E-state index is 0.545. The summed E-state index contributed by atoms with van der Waals surface area (Å²) in [5.74, 6) is 1.24. The first kappa shape index (κ1) is 11.3. The summed E-state index contributed by atoms with van der Waals surface area (Å²) < 4.78 is 0.984. The molecule has 6 heteroatoms. The lowest BCUT2D eigenvalue weighted by Crippen LogP contribution is -2.01. The fraction of sp³-hybridized carbons (Fsp3) is 0.300. The summed E-state index contributed by atoms with van der Waals surface area (Å²) in [5.41, 5.74) is 7.75. The number of hydrogen-bond donors (Lipinski definition) is 1. The van der Waals surface area contributed by atoms with E-state index in [1.54, 1.807) is 11.3 Å². The molecule has 0 aliphatic heterocycles. The van der Waals surface area contributed by atoms with Crippen LogP contribution in [0.1, 0.15) is 17.1 Å². The maximum atomic E-state index is 5.80. The summed E-state index contributed by atoms with van der Waals surface area (Å²) in [5, 5.41) is 2.91. The molecule has 0 spiro atoms. The van der Waals surface area contributed by atoms with Crippen LogP contribution < -0.4 is 5.73 Å². The van der Waals surface area contributed by atoms with Crippen LogP contribution in [0.5, 0.6) is 0 Å². The van der Waals surface area contributed by atoms with Gasteiger partial charge in [0.05, 0.1) is 0 Å². The molecular formula is C10H12N4S2. The standard InChI is InChI=1S/C10H12N4S2/c1-5-4-15-10(12-5)16-9-6(2)8(11)13-7(3)14-9/h4H,1-3H3,(H2,11,13,14). The monoisotopic (exact) mass is 252 g/mol. The van der Waals surface area contributed by atoms with Crippen LogP contribution in [0.25, 0.3) is 0 Å². The molecule has 0 unspecified atom stereocenters. The molecule has 84 valence electrons. The van der Waals surface area contributed by atoms with Crippen LogP contribution in [0.2, 0.25) is 0 Å². The Labute approximate surface area is 102 Å². The van der Waals surface area contributed by atoms with Gasteiger partial charge in [0.15, 0.2) is 4.34 Å². The average molecular weight is 252 g/mol. The number of thiazole rings is 1. The Kier molecular flexibility index (Phi) is 3.11. The van der Waals surface area contributed by atoms with Crippen molar-refractivity contribution in [3.63, 3.8) is 0 Å². The highest BCUT2D eigenvalue weighted by Crippen LogP contribution is 2.32. The Bertz CT molecular complexity index is 522. The maximum Gasteiger partial charge on any atom is 0.156 e. The summed E-state index contributed by atoms with van der Waals surface area (Å²) in [6, 6.07) is 0. The van der Waals surface area contributed by atoms with Crippen LogP contribution in [0.3, 0.4) is 0 Å². The zero-order valence-corrected chi connectivity index (χ0v) is 10.9. The molecule has 0 aliphatic rings. The molecule has 0 bridgehead atoms. The first-order valence-electron chi connectivity index (χ1n) is 4.77. The van der Waals surface area contributed by atoms with Gasteiger partial charge >= 0.3 is 0 Å². The van der Waals surface area contributed by atoms with Gasteiger partial charge in [-0.05, 0) is 32.5 Å². The number of nitrogens with two attached hydrogens (primary N) is 1. The quantitative estimate of drug-likeness (QED) is 0.832. The van der Waals surface area contributed by atoms with E-state index in [9.17, 15) is 0 Å². The van der Waals surface area contributed by atoms with Gasteiger partial charge in [-0.2, -0.15) is 0 Å². The third-order valence-corrected chi connectivity index (χ3v) is 4.18. The van der Waals surface area contributed by atoms with Crippen LogP contribution in [0, 0.1) is 20.8 Å². The second kappa shape index (κ2) is 4.39. The summed E-state index contributed by atoms with van der Waals surface area (Å²) >= 11 is 3.16. The molecule has 0 radical (unpaired) electrons. The van der Waals surface area contributed by atoms with Crippen LogP contribution >= 0.6 is 23.1 Å². The fourth-order valence-corrected chi connectivity index (χ4v) is 3.07. The van der Waals surface area contributed by atoms with Gasteiger partial charge in [-0.25, -0.2) is 15.0 Å². The van der Waals surface area contributed by atoms with Crippen molar-refractivity contribution in [2.24, 2.45) is 0 Å². The number of aromatic nitrogens is 3. The normalized spacial score (nSPS) is 10.7. The Morgan fingerprint density at radius 1 is 1.19 bits per heavy atom. The molecule has 0 atom stereocenters. The van der Waals surface area contributed by atoms with E-state index >= 15 is 0 Å². The van der Waals surface area contributed by atoms with E-state index in [1.807, 2.05) is 26.2 Å². The zero-order chi connectivity index (χ0) is 11.7. The van der Waals surface area contributed by atoms with Crippen molar-refractivity contribution < 1.29 is 0 Å². The molecule has 0 saturated heterocycles. The number of hydrogen-bond acceptors (Lipinski definition) is 6. The topological polar surface area (TPSA) is 64.7 Å². The largest absolute Gasteiger partial charge is 0.383 e. The number of anilines is 1. The zero-order valence-electron chi connectivity index (χ0n) is 9.31. The molecule has 4 nitrogen and oxygen atoms in total. The molecule has 0 saturated carbocycles. The van der Waals surface area contributed by atoms with E-state index in [0.29, 0.717) is 11.6 Å². The molecule has 2 rings (SSSR count). The molecule has 0 fully saturated rings. The Morgan fingerprint density at radius 3 is 2.56 bits per heavy atom. The predicted octanol–water partition coefficient (Wildman–Crippen LogP) is 2.59. The van der Waals surface area contributed by atoms with E-state index < -0.39 is 0 Å². The average Bonchev–Trinajstić information content (AvgIpc) is 2.60. The summed E-state index contributed by atoms with van der Waals surface area (Å²) in [6.45, 7) is 5.75. The van der Waals surface area contributed by atoms with Gasteiger partial charge in [0.2, 0.25) is 0 Å². The van der Waals surface area contributed by atoms with Crippen molar-refractivity contribution in [3.05, 3.63) is 22.5 Å². The SMILES string of the molecule is Cc1csc(Sc2nc(C)nc(N)c2C)n1. The van der Waals surface area contributed by atoms with Crippen LogP contribution in [-0.4, -0.2) is 15.0 Å². The molecule has 0 amide bonds. The van der Waals surface area contributed by atoms with Crippen LogP contribution in [0.4, 0.5) is 5.82 Å². The molecule has 2 aromatic rings. The van der Waals surface area contributed by atoms with Gasteiger partial charge < -0.3 is 5.73 Å². The van der Waals surface area contributed by atoms with E-state index in [1.165, 1.54) is 11.8 Å². The van der Waals surface area contributed by atoms with Gasteiger partial charge in [-0.15, -0.1) is 11.3 Å². The lowest BCUT2D eigenvalue weighted by molar-refractivity contribution is 0.945. The second-order valence-corrected chi connectivity index (χ2v) is 5.54. The summed E-state index contributed by atoms with van der Waals surface area (Å²) in [6.07, 6.45) is 0. The smallest absolute Gasteiger partial charge is 0.156 e. The number of rotatable bonds is 2. The number of aryl methyl sites for hydroxylation is 2. The van der Waals surface area contributed by atoms with E-state index in [0.717, 1.165) is 20.6 Å². The molecular weight excluding hydrogens is 240 g/mol. The third kappa shape index (κ3) is 2.33. The minimum Gasteiger partial charge on any atom is -0.383 e.